The first kappa shape index (κ1) is 22.3. The number of nitrogens with zero attached hydrogens (tertiary/aromatic N) is 2. The summed E-state index contributed by atoms with van der Waals surface area (Å²) in [4.78, 5) is 12.8. The summed E-state index contributed by atoms with van der Waals surface area (Å²) in [6, 6.07) is 7.57. The molecule has 9 heteroatoms. The SMILES string of the molecule is COc1ccccc1CNC(=O)[C@@H](C)C1CCN(S(=O)(=O)c2c(C)noc2C)CC1. The smallest absolute Gasteiger partial charge is 0.248 e. The standard InChI is InChI=1S/C21H29N3O5S/c1-14(21(25)22-13-18-7-5-6-8-19(18)28-4)17-9-11-24(12-10-17)30(26,27)20-15(2)23-29-16(20)3/h5-8,14,17H,9-13H2,1-4H3,(H,22,25)/t14-/m0/s1. The monoisotopic (exact) mass is 435 g/mol. The van der Waals surface area contributed by atoms with E-state index in [0.29, 0.717) is 43.9 Å². The van der Waals surface area contributed by atoms with Gasteiger partial charge in [0.2, 0.25) is 15.9 Å². The van der Waals surface area contributed by atoms with Gasteiger partial charge < -0.3 is 14.6 Å². The van der Waals surface area contributed by atoms with Gasteiger partial charge in [-0.2, -0.15) is 4.31 Å². The summed E-state index contributed by atoms with van der Waals surface area (Å²) in [5, 5.41) is 6.74. The number of carbonyl (C=O) groups excluding carboxylic acids is 1. The fraction of sp³-hybridized carbons (Fsp3) is 0.524. The predicted octanol–water partition coefficient (Wildman–Crippen LogP) is 2.65. The van der Waals surface area contributed by atoms with Gasteiger partial charge in [-0.1, -0.05) is 30.3 Å². The van der Waals surface area contributed by atoms with Gasteiger partial charge in [0.25, 0.3) is 0 Å². The number of rotatable bonds is 7. The predicted molar refractivity (Wildman–Crippen MR) is 111 cm³/mol. The molecule has 0 unspecified atom stereocenters. The lowest BCUT2D eigenvalue weighted by Gasteiger charge is -2.33. The highest BCUT2D eigenvalue weighted by molar-refractivity contribution is 7.89. The first-order valence-corrected chi connectivity index (χ1v) is 11.5. The Balaban J connectivity index is 1.57. The molecule has 164 valence electrons. The Morgan fingerprint density at radius 1 is 1.30 bits per heavy atom. The van der Waals surface area contributed by atoms with E-state index in [-0.39, 0.29) is 22.6 Å². The zero-order valence-electron chi connectivity index (χ0n) is 17.8. The van der Waals surface area contributed by atoms with E-state index in [1.165, 1.54) is 4.31 Å². The molecule has 0 saturated carbocycles. The molecular formula is C21H29N3O5S. The van der Waals surface area contributed by atoms with Gasteiger partial charge in [-0.3, -0.25) is 4.79 Å². The first-order chi connectivity index (χ1) is 14.3. The molecule has 2 heterocycles. The molecule has 1 aromatic heterocycles. The minimum atomic E-state index is -3.64. The molecule has 0 aliphatic carbocycles. The number of aryl methyl sites for hydroxylation is 2. The van der Waals surface area contributed by atoms with Gasteiger partial charge >= 0.3 is 0 Å². The Bertz CT molecular complexity index is 974. The summed E-state index contributed by atoms with van der Waals surface area (Å²) in [5.74, 6) is 0.928. The molecule has 1 saturated heterocycles. The molecule has 1 N–H and O–H groups in total. The first-order valence-electron chi connectivity index (χ1n) is 10.1. The number of sulfonamides is 1. The third kappa shape index (κ3) is 4.52. The van der Waals surface area contributed by atoms with Crippen LogP contribution in [0.1, 0.15) is 36.8 Å². The van der Waals surface area contributed by atoms with Gasteiger partial charge in [-0.25, -0.2) is 8.42 Å². The summed E-state index contributed by atoms with van der Waals surface area (Å²) >= 11 is 0. The number of nitrogens with one attached hydrogen (secondary N) is 1. The van der Waals surface area contributed by atoms with Crippen LogP contribution in [0.3, 0.4) is 0 Å². The van der Waals surface area contributed by atoms with Gasteiger partial charge in [-0.05, 0) is 38.7 Å². The second-order valence-electron chi connectivity index (χ2n) is 7.71. The molecule has 1 aliphatic heterocycles. The number of piperidine rings is 1. The number of hydrogen-bond acceptors (Lipinski definition) is 6. The number of amides is 1. The van der Waals surface area contributed by atoms with Crippen molar-refractivity contribution in [2.24, 2.45) is 11.8 Å². The summed E-state index contributed by atoms with van der Waals surface area (Å²) in [5.41, 5.74) is 1.29. The molecule has 0 spiro atoms. The minimum absolute atomic E-state index is 0.0343. The van der Waals surface area contributed by atoms with Crippen molar-refractivity contribution in [3.8, 4) is 5.75 Å². The highest BCUT2D eigenvalue weighted by atomic mass is 32.2. The molecule has 1 aliphatic rings. The number of para-hydroxylation sites is 1. The molecule has 0 bridgehead atoms. The molecule has 2 aromatic rings. The third-order valence-electron chi connectivity index (χ3n) is 5.83. The Morgan fingerprint density at radius 2 is 1.97 bits per heavy atom. The van der Waals surface area contributed by atoms with Crippen LogP contribution in [0.5, 0.6) is 5.75 Å². The van der Waals surface area contributed by atoms with Crippen molar-refractivity contribution in [3.63, 3.8) is 0 Å². The van der Waals surface area contributed by atoms with Crippen LogP contribution in [-0.2, 0) is 21.4 Å². The molecule has 1 amide bonds. The lowest BCUT2D eigenvalue weighted by Crippen LogP contribution is -2.42. The lowest BCUT2D eigenvalue weighted by atomic mass is 9.85. The van der Waals surface area contributed by atoms with Crippen molar-refractivity contribution in [3.05, 3.63) is 41.3 Å². The van der Waals surface area contributed by atoms with E-state index in [0.717, 1.165) is 11.3 Å². The highest BCUT2D eigenvalue weighted by Gasteiger charge is 2.36. The van der Waals surface area contributed by atoms with Crippen LogP contribution < -0.4 is 10.1 Å². The zero-order chi connectivity index (χ0) is 21.9. The van der Waals surface area contributed by atoms with Crippen LogP contribution in [0.15, 0.2) is 33.7 Å². The lowest BCUT2D eigenvalue weighted by molar-refractivity contribution is -0.126. The maximum atomic E-state index is 13.0. The Labute approximate surface area is 177 Å². The number of ether oxygens (including phenoxy) is 1. The summed E-state index contributed by atoms with van der Waals surface area (Å²) in [7, 11) is -2.04. The van der Waals surface area contributed by atoms with Crippen molar-refractivity contribution in [2.45, 2.75) is 45.1 Å². The molecule has 0 radical (unpaired) electrons. The number of carbonyl (C=O) groups is 1. The topological polar surface area (TPSA) is 102 Å². The normalized spacial score (nSPS) is 16.9. The molecule has 1 atom stereocenters. The maximum Gasteiger partial charge on any atom is 0.248 e. The Kier molecular flexibility index (Phi) is 6.82. The van der Waals surface area contributed by atoms with Crippen molar-refractivity contribution in [1.29, 1.82) is 0 Å². The summed E-state index contributed by atoms with van der Waals surface area (Å²) < 4.78 is 37.7. The van der Waals surface area contributed by atoms with Crippen LogP contribution in [0.2, 0.25) is 0 Å². The highest BCUT2D eigenvalue weighted by Crippen LogP contribution is 2.30. The van der Waals surface area contributed by atoms with Gasteiger partial charge in [0, 0.05) is 31.1 Å². The number of aromatic nitrogens is 1. The van der Waals surface area contributed by atoms with E-state index in [4.69, 9.17) is 9.26 Å². The number of methoxy groups -OCH3 is 1. The van der Waals surface area contributed by atoms with Crippen LogP contribution in [0, 0.1) is 25.7 Å². The molecule has 3 rings (SSSR count). The fourth-order valence-electron chi connectivity index (χ4n) is 3.99. The third-order valence-corrected chi connectivity index (χ3v) is 7.97. The van der Waals surface area contributed by atoms with Crippen LogP contribution in [0.25, 0.3) is 0 Å². The largest absolute Gasteiger partial charge is 0.496 e. The maximum absolute atomic E-state index is 13.0. The van der Waals surface area contributed by atoms with Crippen molar-refractivity contribution >= 4 is 15.9 Å². The zero-order valence-corrected chi connectivity index (χ0v) is 18.7. The number of hydrogen-bond donors (Lipinski definition) is 1. The van der Waals surface area contributed by atoms with Crippen LogP contribution in [-0.4, -0.2) is 44.0 Å². The second kappa shape index (κ2) is 9.18. The van der Waals surface area contributed by atoms with E-state index in [1.54, 1.807) is 21.0 Å². The quantitative estimate of drug-likeness (QED) is 0.717. The summed E-state index contributed by atoms with van der Waals surface area (Å²) in [6.45, 7) is 6.29. The average molecular weight is 436 g/mol. The van der Waals surface area contributed by atoms with Crippen LogP contribution >= 0.6 is 0 Å². The van der Waals surface area contributed by atoms with Gasteiger partial charge in [0.15, 0.2) is 5.76 Å². The average Bonchev–Trinajstić information content (AvgIpc) is 3.10. The van der Waals surface area contributed by atoms with Gasteiger partial charge in [-0.15, -0.1) is 0 Å². The van der Waals surface area contributed by atoms with Crippen LogP contribution in [0.4, 0.5) is 0 Å². The summed E-state index contributed by atoms with van der Waals surface area (Å²) in [6.07, 6.45) is 1.26. The van der Waals surface area contributed by atoms with E-state index in [2.05, 4.69) is 10.5 Å². The van der Waals surface area contributed by atoms with Crippen molar-refractivity contribution in [2.75, 3.05) is 20.2 Å². The Hall–Kier alpha value is -2.39. The van der Waals surface area contributed by atoms with E-state index in [1.807, 2.05) is 31.2 Å². The molecule has 1 fully saturated rings. The van der Waals surface area contributed by atoms with Gasteiger partial charge in [0.1, 0.15) is 16.3 Å². The second-order valence-corrected chi connectivity index (χ2v) is 9.59. The molecule has 1 aromatic carbocycles. The minimum Gasteiger partial charge on any atom is -0.496 e. The van der Waals surface area contributed by atoms with E-state index in [9.17, 15) is 13.2 Å². The van der Waals surface area contributed by atoms with Crippen molar-refractivity contribution in [1.82, 2.24) is 14.8 Å². The Morgan fingerprint density at radius 3 is 2.57 bits per heavy atom. The number of benzene rings is 1. The van der Waals surface area contributed by atoms with E-state index >= 15 is 0 Å². The van der Waals surface area contributed by atoms with E-state index < -0.39 is 10.0 Å². The fourth-order valence-corrected chi connectivity index (χ4v) is 5.76. The van der Waals surface area contributed by atoms with Crippen molar-refractivity contribution < 1.29 is 22.5 Å². The van der Waals surface area contributed by atoms with Gasteiger partial charge in [0.05, 0.1) is 7.11 Å². The molecular weight excluding hydrogens is 406 g/mol. The molecule has 30 heavy (non-hydrogen) atoms. The molecule has 8 nitrogen and oxygen atoms in total.